The van der Waals surface area contributed by atoms with Gasteiger partial charge in [-0.15, -0.1) is 0 Å². The molecule has 8 aromatic carbocycles. The third kappa shape index (κ3) is 5.34. The molecule has 0 saturated heterocycles. The van der Waals surface area contributed by atoms with Crippen molar-refractivity contribution in [3.63, 3.8) is 0 Å². The molecule has 1 aliphatic heterocycles. The highest BCUT2D eigenvalue weighted by Gasteiger charge is 2.21. The molecule has 0 fully saturated rings. The third-order valence-electron chi connectivity index (χ3n) is 11.2. The van der Waals surface area contributed by atoms with Gasteiger partial charge in [-0.25, -0.2) is 4.99 Å². The van der Waals surface area contributed by atoms with Crippen molar-refractivity contribution in [1.29, 1.82) is 0 Å². The van der Waals surface area contributed by atoms with Gasteiger partial charge in [-0.2, -0.15) is 0 Å². The molecule has 0 spiro atoms. The van der Waals surface area contributed by atoms with E-state index in [4.69, 9.17) is 4.99 Å². The number of aromatic nitrogens is 2. The zero-order valence-corrected chi connectivity index (χ0v) is 30.5. The minimum Gasteiger partial charge on any atom is -0.346 e. The van der Waals surface area contributed by atoms with Crippen molar-refractivity contribution < 1.29 is 0 Å². The van der Waals surface area contributed by atoms with E-state index < -0.39 is 0 Å². The van der Waals surface area contributed by atoms with E-state index in [9.17, 15) is 0 Å². The summed E-state index contributed by atoms with van der Waals surface area (Å²) in [5.74, 6) is 0. The second-order valence-electron chi connectivity index (χ2n) is 14.5. The summed E-state index contributed by atoms with van der Waals surface area (Å²) in [6, 6.07) is 69.9. The lowest BCUT2D eigenvalue weighted by molar-refractivity contribution is 0.510. The van der Waals surface area contributed by atoms with Crippen molar-refractivity contribution in [2.45, 2.75) is 6.29 Å². The summed E-state index contributed by atoms with van der Waals surface area (Å²) >= 11 is 0. The smallest absolute Gasteiger partial charge is 0.200 e. The van der Waals surface area contributed by atoms with Crippen LogP contribution in [0, 0.1) is 0 Å². The molecule has 10 aromatic rings. The molecule has 1 unspecified atom stereocenters. The van der Waals surface area contributed by atoms with Crippen LogP contribution >= 0.6 is 0 Å². The van der Waals surface area contributed by atoms with Crippen LogP contribution in [0.1, 0.15) is 11.9 Å². The summed E-state index contributed by atoms with van der Waals surface area (Å²) in [6.07, 6.45) is 3.70. The molecule has 4 nitrogen and oxygen atoms in total. The van der Waals surface area contributed by atoms with Crippen LogP contribution in [0.25, 0.3) is 88.4 Å². The molecule has 0 saturated carbocycles. The van der Waals surface area contributed by atoms with E-state index in [2.05, 4.69) is 215 Å². The Balaban J connectivity index is 0.930. The van der Waals surface area contributed by atoms with E-state index >= 15 is 0 Å². The maximum absolute atomic E-state index is 4.97. The normalized spacial score (nSPS) is 14.1. The molecule has 3 heterocycles. The van der Waals surface area contributed by atoms with E-state index in [0.717, 1.165) is 22.3 Å². The summed E-state index contributed by atoms with van der Waals surface area (Å²) in [6.45, 7) is 0. The predicted octanol–water partition coefficient (Wildman–Crippen LogP) is 13.1. The van der Waals surface area contributed by atoms with Gasteiger partial charge >= 0.3 is 0 Å². The first kappa shape index (κ1) is 32.0. The van der Waals surface area contributed by atoms with Gasteiger partial charge in [0.15, 0.2) is 0 Å². The lowest BCUT2D eigenvalue weighted by Crippen LogP contribution is -2.26. The minimum absolute atomic E-state index is 0.300. The fourth-order valence-corrected chi connectivity index (χ4v) is 8.54. The number of allylic oxidation sites excluding steroid dienone is 1. The standard InChI is InChI=1S/C52H36N4/c1-3-12-35(13-4-1)38-14-11-15-39(32-38)36-22-24-37(25-23-36)47-30-31-53-52(54-47)56-49-21-10-8-19-44(49)46-34-41(27-29-51(46)56)40-26-28-50-45(33-40)43-18-7-9-20-48(43)55(50)42-16-5-2-6-17-42/h1-34,52,54H. The second kappa shape index (κ2) is 13.2. The van der Waals surface area contributed by atoms with Crippen LogP contribution in [0.4, 0.5) is 0 Å². The molecule has 0 radical (unpaired) electrons. The quantitative estimate of drug-likeness (QED) is 0.183. The van der Waals surface area contributed by atoms with Crippen molar-refractivity contribution in [2.75, 3.05) is 0 Å². The van der Waals surface area contributed by atoms with Crippen LogP contribution in [0.15, 0.2) is 205 Å². The predicted molar refractivity (Wildman–Crippen MR) is 235 cm³/mol. The average molecular weight is 717 g/mol. The number of hydrogen-bond donors (Lipinski definition) is 1. The summed E-state index contributed by atoms with van der Waals surface area (Å²) in [4.78, 5) is 4.97. The molecule has 11 rings (SSSR count). The Hall–Kier alpha value is -7.43. The SMILES string of the molecule is C1=NC(n2c3ccccc3c3cc(-c4ccc5c(c4)c4ccccc4n5-c4ccccc4)ccc32)NC(c2ccc(-c3cccc(-c4ccccc4)c3)cc2)=C1. The van der Waals surface area contributed by atoms with Crippen molar-refractivity contribution in [1.82, 2.24) is 14.5 Å². The number of nitrogens with zero attached hydrogens (tertiary/aromatic N) is 3. The third-order valence-corrected chi connectivity index (χ3v) is 11.2. The van der Waals surface area contributed by atoms with E-state index in [1.165, 1.54) is 71.6 Å². The van der Waals surface area contributed by atoms with Crippen molar-refractivity contribution in [3.8, 4) is 39.1 Å². The maximum Gasteiger partial charge on any atom is 0.200 e. The van der Waals surface area contributed by atoms with Gasteiger partial charge in [0.2, 0.25) is 6.29 Å². The van der Waals surface area contributed by atoms with E-state index in [1.54, 1.807) is 0 Å². The molecule has 1 aliphatic rings. The molecule has 0 aliphatic carbocycles. The Labute approximate surface area is 324 Å². The van der Waals surface area contributed by atoms with Gasteiger partial charge in [0, 0.05) is 39.1 Å². The van der Waals surface area contributed by atoms with E-state index in [0.29, 0.717) is 0 Å². The van der Waals surface area contributed by atoms with E-state index in [1.807, 2.05) is 6.21 Å². The maximum atomic E-state index is 4.97. The van der Waals surface area contributed by atoms with Crippen LogP contribution in [-0.4, -0.2) is 15.3 Å². The number of para-hydroxylation sites is 3. The summed E-state index contributed by atoms with van der Waals surface area (Å²) in [5, 5.41) is 8.69. The van der Waals surface area contributed by atoms with Crippen molar-refractivity contribution >= 4 is 55.5 Å². The number of benzene rings is 8. The molecule has 1 N–H and O–H groups in total. The highest BCUT2D eigenvalue weighted by atomic mass is 15.3. The Morgan fingerprint density at radius 3 is 1.59 bits per heavy atom. The molecule has 2 aromatic heterocycles. The zero-order chi connectivity index (χ0) is 37.0. The minimum atomic E-state index is -0.300. The lowest BCUT2D eigenvalue weighted by Gasteiger charge is -2.24. The topological polar surface area (TPSA) is 34.2 Å². The van der Waals surface area contributed by atoms with Crippen molar-refractivity contribution in [3.05, 3.63) is 206 Å². The monoisotopic (exact) mass is 716 g/mol. The van der Waals surface area contributed by atoms with Crippen LogP contribution in [-0.2, 0) is 0 Å². The molecular weight excluding hydrogens is 681 g/mol. The molecule has 1 atom stereocenters. The fourth-order valence-electron chi connectivity index (χ4n) is 8.54. The number of aliphatic imine (C=N–C) groups is 1. The highest BCUT2D eigenvalue weighted by Crippen LogP contribution is 2.39. The zero-order valence-electron chi connectivity index (χ0n) is 30.5. The molecule has 264 valence electrons. The largest absolute Gasteiger partial charge is 0.346 e. The Bertz CT molecular complexity index is 3150. The number of hydrogen-bond acceptors (Lipinski definition) is 2. The second-order valence-corrected chi connectivity index (χ2v) is 14.5. The van der Waals surface area contributed by atoms with Crippen LogP contribution in [0.5, 0.6) is 0 Å². The number of fused-ring (bicyclic) bond motifs is 6. The van der Waals surface area contributed by atoms with Gasteiger partial charge in [0.1, 0.15) is 0 Å². The summed E-state index contributed by atoms with van der Waals surface area (Å²) < 4.78 is 4.70. The van der Waals surface area contributed by atoms with Crippen LogP contribution in [0.2, 0.25) is 0 Å². The van der Waals surface area contributed by atoms with Crippen LogP contribution in [0.3, 0.4) is 0 Å². The molecule has 0 bridgehead atoms. The van der Waals surface area contributed by atoms with Crippen LogP contribution < -0.4 is 5.32 Å². The Kier molecular flexibility index (Phi) is 7.52. The van der Waals surface area contributed by atoms with Gasteiger partial charge in [0.25, 0.3) is 0 Å². The first-order valence-corrected chi connectivity index (χ1v) is 19.1. The Morgan fingerprint density at radius 1 is 0.375 bits per heavy atom. The van der Waals surface area contributed by atoms with Gasteiger partial charge < -0.3 is 14.5 Å². The van der Waals surface area contributed by atoms with Gasteiger partial charge in [-0.1, -0.05) is 140 Å². The first-order chi connectivity index (χ1) is 27.8. The highest BCUT2D eigenvalue weighted by molar-refractivity contribution is 6.12. The summed E-state index contributed by atoms with van der Waals surface area (Å²) in [7, 11) is 0. The van der Waals surface area contributed by atoms with Gasteiger partial charge in [0.05, 0.1) is 22.1 Å². The number of nitrogens with one attached hydrogen (secondary N) is 1. The van der Waals surface area contributed by atoms with E-state index in [-0.39, 0.29) is 6.29 Å². The average Bonchev–Trinajstić information content (AvgIpc) is 3.79. The summed E-state index contributed by atoms with van der Waals surface area (Å²) in [5.41, 5.74) is 15.2. The Morgan fingerprint density at radius 2 is 0.857 bits per heavy atom. The molecule has 4 heteroatoms. The fraction of sp³-hybridized carbons (Fsp3) is 0.0192. The van der Waals surface area contributed by atoms with Crippen molar-refractivity contribution in [2.24, 2.45) is 4.99 Å². The van der Waals surface area contributed by atoms with Gasteiger partial charge in [-0.05, 0) is 99.6 Å². The number of rotatable bonds is 6. The molecular formula is C52H36N4. The first-order valence-electron chi connectivity index (χ1n) is 19.1. The lowest BCUT2D eigenvalue weighted by atomic mass is 9.98. The van der Waals surface area contributed by atoms with Gasteiger partial charge in [-0.3, -0.25) is 0 Å². The molecule has 0 amide bonds. The molecule has 56 heavy (non-hydrogen) atoms.